The fourth-order valence-electron chi connectivity index (χ4n) is 5.29. The lowest BCUT2D eigenvalue weighted by atomic mass is 9.95. The van der Waals surface area contributed by atoms with Crippen molar-refractivity contribution in [1.82, 2.24) is 10.2 Å². The lowest BCUT2D eigenvalue weighted by Gasteiger charge is -2.33. The van der Waals surface area contributed by atoms with Crippen molar-refractivity contribution in [2.24, 2.45) is 0 Å². The van der Waals surface area contributed by atoms with Gasteiger partial charge in [-0.15, -0.1) is 0 Å². The van der Waals surface area contributed by atoms with Gasteiger partial charge >= 0.3 is 0 Å². The highest BCUT2D eigenvalue weighted by molar-refractivity contribution is 7.92. The molecule has 0 heterocycles. The molecule has 0 aromatic heterocycles. The lowest BCUT2D eigenvalue weighted by molar-refractivity contribution is -0.139. The Kier molecular flexibility index (Phi) is 10.1. The van der Waals surface area contributed by atoms with Crippen LogP contribution < -0.4 is 9.62 Å². The summed E-state index contributed by atoms with van der Waals surface area (Å²) in [5, 5.41) is 3.14. The van der Waals surface area contributed by atoms with E-state index in [1.54, 1.807) is 43.3 Å². The van der Waals surface area contributed by atoms with Gasteiger partial charge in [0, 0.05) is 12.6 Å². The van der Waals surface area contributed by atoms with Crippen LogP contribution in [0.3, 0.4) is 0 Å². The third kappa shape index (κ3) is 7.59. The maximum absolute atomic E-state index is 14.2. The van der Waals surface area contributed by atoms with Crippen LogP contribution in [0, 0.1) is 27.7 Å². The number of anilines is 1. The van der Waals surface area contributed by atoms with Gasteiger partial charge in [-0.1, -0.05) is 72.9 Å². The van der Waals surface area contributed by atoms with Crippen molar-refractivity contribution in [3.63, 3.8) is 0 Å². The molecule has 42 heavy (non-hydrogen) atoms. The first-order valence-electron chi connectivity index (χ1n) is 14.8. The molecule has 7 nitrogen and oxygen atoms in total. The van der Waals surface area contributed by atoms with E-state index in [0.29, 0.717) is 5.69 Å². The summed E-state index contributed by atoms with van der Waals surface area (Å²) in [4.78, 5) is 29.2. The van der Waals surface area contributed by atoms with Gasteiger partial charge in [0.25, 0.3) is 10.0 Å². The molecule has 0 bridgehead atoms. The number of amides is 2. The van der Waals surface area contributed by atoms with Gasteiger partial charge in [0.2, 0.25) is 11.8 Å². The second-order valence-corrected chi connectivity index (χ2v) is 13.5. The largest absolute Gasteiger partial charge is 0.352 e. The number of sulfonamides is 1. The van der Waals surface area contributed by atoms with Crippen molar-refractivity contribution in [1.29, 1.82) is 0 Å². The summed E-state index contributed by atoms with van der Waals surface area (Å²) in [5.41, 5.74) is 5.23. The van der Waals surface area contributed by atoms with E-state index in [0.717, 1.165) is 53.5 Å². The van der Waals surface area contributed by atoms with Crippen LogP contribution in [0.25, 0.3) is 0 Å². The first-order valence-corrected chi connectivity index (χ1v) is 16.2. The number of nitrogens with one attached hydrogen (secondary N) is 1. The summed E-state index contributed by atoms with van der Waals surface area (Å²) < 4.78 is 29.2. The molecule has 0 spiro atoms. The molecular formula is C34H43N3O4S. The molecule has 1 aliphatic rings. The van der Waals surface area contributed by atoms with Gasteiger partial charge in [-0.3, -0.25) is 13.9 Å². The van der Waals surface area contributed by atoms with Crippen molar-refractivity contribution in [2.75, 3.05) is 10.8 Å². The number of nitrogens with zero attached hydrogens (tertiary/aromatic N) is 2. The molecule has 8 heteroatoms. The number of aryl methyl sites for hydroxylation is 4. The number of carbonyl (C=O) groups excluding carboxylic acids is 2. The minimum atomic E-state index is -4.09. The number of rotatable bonds is 10. The molecular weight excluding hydrogens is 546 g/mol. The van der Waals surface area contributed by atoms with Gasteiger partial charge in [0.1, 0.15) is 12.6 Å². The lowest BCUT2D eigenvalue weighted by Crippen LogP contribution is -2.53. The third-order valence-electron chi connectivity index (χ3n) is 8.26. The quantitative estimate of drug-likeness (QED) is 0.315. The highest BCUT2D eigenvalue weighted by atomic mass is 32.2. The van der Waals surface area contributed by atoms with Crippen molar-refractivity contribution in [3.8, 4) is 0 Å². The molecule has 0 aliphatic heterocycles. The molecule has 3 aromatic rings. The molecule has 1 atom stereocenters. The monoisotopic (exact) mass is 589 g/mol. The maximum atomic E-state index is 14.2. The Labute approximate surface area is 251 Å². The molecule has 224 valence electrons. The molecule has 1 N–H and O–H groups in total. The molecule has 0 radical (unpaired) electrons. The molecule has 3 aromatic carbocycles. The zero-order valence-electron chi connectivity index (χ0n) is 25.4. The first-order chi connectivity index (χ1) is 20.0. The Morgan fingerprint density at radius 1 is 0.833 bits per heavy atom. The van der Waals surface area contributed by atoms with Crippen LogP contribution in [0.1, 0.15) is 66.8 Å². The zero-order chi connectivity index (χ0) is 30.4. The van der Waals surface area contributed by atoms with E-state index >= 15 is 0 Å². The smallest absolute Gasteiger partial charge is 0.264 e. The van der Waals surface area contributed by atoms with Crippen LogP contribution in [0.15, 0.2) is 71.6 Å². The van der Waals surface area contributed by atoms with E-state index in [1.807, 2.05) is 58.0 Å². The standard InChI is InChI=1S/C34H43N3O4S/c1-24-11-16-29(17-12-24)22-36(28(5)34(39)35-30-9-7-6-8-10-30)33(38)23-37(31-18-15-26(3)27(4)21-31)42(40,41)32-19-13-25(2)14-20-32/h11-21,28,30H,6-10,22-23H2,1-5H3,(H,35,39)/t28-/m0/s1. The van der Waals surface area contributed by atoms with Crippen molar-refractivity contribution < 1.29 is 18.0 Å². The molecule has 0 saturated heterocycles. The summed E-state index contributed by atoms with van der Waals surface area (Å²) >= 11 is 0. The molecule has 0 unspecified atom stereocenters. The van der Waals surface area contributed by atoms with E-state index in [9.17, 15) is 18.0 Å². The average molecular weight is 590 g/mol. The highest BCUT2D eigenvalue weighted by Gasteiger charge is 2.33. The van der Waals surface area contributed by atoms with E-state index in [2.05, 4.69) is 5.32 Å². The van der Waals surface area contributed by atoms with Crippen molar-refractivity contribution in [3.05, 3.63) is 94.5 Å². The summed E-state index contributed by atoms with van der Waals surface area (Å²) in [6.07, 6.45) is 5.18. The van der Waals surface area contributed by atoms with Gasteiger partial charge in [-0.2, -0.15) is 0 Å². The van der Waals surface area contributed by atoms with Gasteiger partial charge < -0.3 is 10.2 Å². The summed E-state index contributed by atoms with van der Waals surface area (Å²) in [6, 6.07) is 19.1. The molecule has 4 rings (SSSR count). The van der Waals surface area contributed by atoms with E-state index in [1.165, 1.54) is 15.6 Å². The third-order valence-corrected chi connectivity index (χ3v) is 10.0. The SMILES string of the molecule is Cc1ccc(CN(C(=O)CN(c2ccc(C)c(C)c2)S(=O)(=O)c2ccc(C)cc2)[C@@H](C)C(=O)NC2CCCCC2)cc1. The van der Waals surface area contributed by atoms with Crippen LogP contribution >= 0.6 is 0 Å². The normalized spacial score (nSPS) is 14.7. The number of hydrogen-bond donors (Lipinski definition) is 1. The maximum Gasteiger partial charge on any atom is 0.264 e. The van der Waals surface area contributed by atoms with Gasteiger partial charge in [0.05, 0.1) is 10.6 Å². The van der Waals surface area contributed by atoms with Gasteiger partial charge in [0.15, 0.2) is 0 Å². The van der Waals surface area contributed by atoms with E-state index in [-0.39, 0.29) is 23.4 Å². The van der Waals surface area contributed by atoms with Crippen LogP contribution in [-0.4, -0.2) is 43.8 Å². The number of hydrogen-bond acceptors (Lipinski definition) is 4. The van der Waals surface area contributed by atoms with Crippen LogP contribution in [0.2, 0.25) is 0 Å². The zero-order valence-corrected chi connectivity index (χ0v) is 26.2. The number of carbonyl (C=O) groups is 2. The van der Waals surface area contributed by atoms with Crippen LogP contribution in [0.5, 0.6) is 0 Å². The first kappa shape index (κ1) is 31.3. The molecule has 1 saturated carbocycles. The van der Waals surface area contributed by atoms with Gasteiger partial charge in [-0.05, 0) is 88.4 Å². The highest BCUT2D eigenvalue weighted by Crippen LogP contribution is 2.27. The second-order valence-electron chi connectivity index (χ2n) is 11.6. The topological polar surface area (TPSA) is 86.8 Å². The van der Waals surface area contributed by atoms with Crippen molar-refractivity contribution in [2.45, 2.75) is 90.2 Å². The minimum Gasteiger partial charge on any atom is -0.352 e. The van der Waals surface area contributed by atoms with Crippen LogP contribution in [0.4, 0.5) is 5.69 Å². The van der Waals surface area contributed by atoms with E-state index in [4.69, 9.17) is 0 Å². The molecule has 2 amide bonds. The minimum absolute atomic E-state index is 0.0963. The number of benzene rings is 3. The van der Waals surface area contributed by atoms with Crippen LogP contribution in [-0.2, 0) is 26.2 Å². The molecule has 1 fully saturated rings. The fourth-order valence-corrected chi connectivity index (χ4v) is 6.69. The Balaban J connectivity index is 1.69. The Hall–Kier alpha value is -3.65. The van der Waals surface area contributed by atoms with Gasteiger partial charge in [-0.25, -0.2) is 8.42 Å². The second kappa shape index (κ2) is 13.6. The van der Waals surface area contributed by atoms with Crippen molar-refractivity contribution >= 4 is 27.5 Å². The summed E-state index contributed by atoms with van der Waals surface area (Å²) in [6.45, 7) is 9.22. The fraction of sp³-hybridized carbons (Fsp3) is 0.412. The Morgan fingerprint density at radius 3 is 2.02 bits per heavy atom. The predicted octanol–water partition coefficient (Wildman–Crippen LogP) is 5.98. The van der Waals surface area contributed by atoms with E-state index < -0.39 is 28.5 Å². The predicted molar refractivity (Wildman–Crippen MR) is 168 cm³/mol. The summed E-state index contributed by atoms with van der Waals surface area (Å²) in [7, 11) is -4.09. The Morgan fingerprint density at radius 2 is 1.43 bits per heavy atom. The Bertz CT molecular complexity index is 1490. The molecule has 1 aliphatic carbocycles. The summed E-state index contributed by atoms with van der Waals surface area (Å²) in [5.74, 6) is -0.669. The average Bonchev–Trinajstić information content (AvgIpc) is 2.97.